The van der Waals surface area contributed by atoms with Crippen LogP contribution in [0.5, 0.6) is 0 Å². The summed E-state index contributed by atoms with van der Waals surface area (Å²) in [6, 6.07) is 7.56. The van der Waals surface area contributed by atoms with Crippen molar-refractivity contribution in [1.82, 2.24) is 9.80 Å². The standard InChI is InChI=1S/C18H26ClN3O2/c1-18(21-10-8-20(9-11-21)12-13-24-2)6-7-22(17(18)23)16-5-3-4-15(19)14-16/h3-5,14H,6-13H2,1-2H3. The van der Waals surface area contributed by atoms with Gasteiger partial charge in [-0.25, -0.2) is 0 Å². The van der Waals surface area contributed by atoms with Gasteiger partial charge in [0, 0.05) is 57.1 Å². The smallest absolute Gasteiger partial charge is 0.247 e. The molecule has 2 heterocycles. The van der Waals surface area contributed by atoms with Crippen LogP contribution in [-0.2, 0) is 9.53 Å². The van der Waals surface area contributed by atoms with E-state index in [9.17, 15) is 4.79 Å². The van der Waals surface area contributed by atoms with E-state index in [1.807, 2.05) is 29.2 Å². The fraction of sp³-hybridized carbons (Fsp3) is 0.611. The minimum Gasteiger partial charge on any atom is -0.383 e. The number of benzene rings is 1. The van der Waals surface area contributed by atoms with Crippen molar-refractivity contribution >= 4 is 23.2 Å². The van der Waals surface area contributed by atoms with E-state index in [1.54, 1.807) is 7.11 Å². The molecule has 0 radical (unpaired) electrons. The summed E-state index contributed by atoms with van der Waals surface area (Å²) in [5.41, 5.74) is 0.491. The van der Waals surface area contributed by atoms with Crippen molar-refractivity contribution in [3.05, 3.63) is 29.3 Å². The lowest BCUT2D eigenvalue weighted by atomic mass is 9.97. The molecule has 1 unspecified atom stereocenters. The summed E-state index contributed by atoms with van der Waals surface area (Å²) >= 11 is 6.08. The van der Waals surface area contributed by atoms with Crippen molar-refractivity contribution < 1.29 is 9.53 Å². The summed E-state index contributed by atoms with van der Waals surface area (Å²) in [6.45, 7) is 8.39. The summed E-state index contributed by atoms with van der Waals surface area (Å²) in [7, 11) is 1.74. The summed E-state index contributed by atoms with van der Waals surface area (Å²) in [5, 5.41) is 0.667. The highest BCUT2D eigenvalue weighted by molar-refractivity contribution is 6.31. The first-order valence-corrected chi connectivity index (χ1v) is 8.96. The zero-order valence-corrected chi connectivity index (χ0v) is 15.3. The number of piperazine rings is 1. The predicted octanol–water partition coefficient (Wildman–Crippen LogP) is 2.10. The van der Waals surface area contributed by atoms with E-state index in [2.05, 4.69) is 16.7 Å². The van der Waals surface area contributed by atoms with Crippen LogP contribution in [0.25, 0.3) is 0 Å². The molecule has 1 aromatic rings. The average molecular weight is 352 g/mol. The van der Waals surface area contributed by atoms with Gasteiger partial charge in [0.2, 0.25) is 5.91 Å². The van der Waals surface area contributed by atoms with Crippen LogP contribution in [0.4, 0.5) is 5.69 Å². The Labute approximate surface area is 149 Å². The van der Waals surface area contributed by atoms with Crippen LogP contribution in [0, 0.1) is 0 Å². The number of methoxy groups -OCH3 is 1. The first-order chi connectivity index (χ1) is 11.5. The second-order valence-corrected chi connectivity index (χ2v) is 7.22. The third-order valence-corrected chi connectivity index (χ3v) is 5.56. The third kappa shape index (κ3) is 3.45. The highest BCUT2D eigenvalue weighted by Crippen LogP contribution is 2.34. The number of nitrogens with zero attached hydrogens (tertiary/aromatic N) is 3. The summed E-state index contributed by atoms with van der Waals surface area (Å²) in [4.78, 5) is 19.7. The van der Waals surface area contributed by atoms with Crippen LogP contribution in [0.2, 0.25) is 5.02 Å². The van der Waals surface area contributed by atoms with Crippen molar-refractivity contribution in [2.24, 2.45) is 0 Å². The Morgan fingerprint density at radius 3 is 2.62 bits per heavy atom. The number of amides is 1. The Hall–Kier alpha value is -1.14. The van der Waals surface area contributed by atoms with E-state index in [0.717, 1.165) is 58.0 Å². The SMILES string of the molecule is COCCN1CCN(C2(C)CCN(c3cccc(Cl)c3)C2=O)CC1. The lowest BCUT2D eigenvalue weighted by Gasteiger charge is -2.42. The molecule has 132 valence electrons. The second kappa shape index (κ2) is 7.40. The van der Waals surface area contributed by atoms with Crippen molar-refractivity contribution in [2.45, 2.75) is 18.9 Å². The Morgan fingerprint density at radius 2 is 1.96 bits per heavy atom. The van der Waals surface area contributed by atoms with E-state index in [1.165, 1.54) is 0 Å². The average Bonchev–Trinajstić information content (AvgIpc) is 2.90. The lowest BCUT2D eigenvalue weighted by Crippen LogP contribution is -2.59. The van der Waals surface area contributed by atoms with E-state index in [4.69, 9.17) is 16.3 Å². The molecular formula is C18H26ClN3O2. The minimum atomic E-state index is -0.407. The highest BCUT2D eigenvalue weighted by atomic mass is 35.5. The summed E-state index contributed by atoms with van der Waals surface area (Å²) < 4.78 is 5.15. The van der Waals surface area contributed by atoms with Crippen LogP contribution in [0.3, 0.4) is 0 Å². The number of anilines is 1. The molecule has 1 aromatic carbocycles. The van der Waals surface area contributed by atoms with Gasteiger partial charge in [0.1, 0.15) is 0 Å². The van der Waals surface area contributed by atoms with Gasteiger partial charge in [0.15, 0.2) is 0 Å². The number of carbonyl (C=O) groups excluding carboxylic acids is 1. The number of rotatable bonds is 5. The molecule has 1 atom stereocenters. The van der Waals surface area contributed by atoms with Crippen molar-refractivity contribution in [3.8, 4) is 0 Å². The maximum atomic E-state index is 13.1. The Balaban J connectivity index is 1.65. The fourth-order valence-electron chi connectivity index (χ4n) is 3.70. The quantitative estimate of drug-likeness (QED) is 0.814. The molecule has 6 heteroatoms. The van der Waals surface area contributed by atoms with Crippen LogP contribution < -0.4 is 4.90 Å². The van der Waals surface area contributed by atoms with Gasteiger partial charge in [0.25, 0.3) is 0 Å². The van der Waals surface area contributed by atoms with E-state index in [0.29, 0.717) is 5.02 Å². The monoisotopic (exact) mass is 351 g/mol. The Morgan fingerprint density at radius 1 is 1.21 bits per heavy atom. The summed E-state index contributed by atoms with van der Waals surface area (Å²) in [6.07, 6.45) is 0.858. The molecule has 3 rings (SSSR count). The summed E-state index contributed by atoms with van der Waals surface area (Å²) in [5.74, 6) is 0.190. The van der Waals surface area contributed by atoms with Gasteiger partial charge in [-0.3, -0.25) is 14.6 Å². The molecule has 0 aliphatic carbocycles. The maximum Gasteiger partial charge on any atom is 0.247 e. The highest BCUT2D eigenvalue weighted by Gasteiger charge is 2.48. The molecule has 2 saturated heterocycles. The number of hydrogen-bond donors (Lipinski definition) is 0. The molecule has 0 bridgehead atoms. The molecule has 2 fully saturated rings. The van der Waals surface area contributed by atoms with Gasteiger partial charge in [-0.15, -0.1) is 0 Å². The Bertz CT molecular complexity index is 589. The fourth-order valence-corrected chi connectivity index (χ4v) is 3.88. The number of hydrogen-bond acceptors (Lipinski definition) is 4. The van der Waals surface area contributed by atoms with Gasteiger partial charge >= 0.3 is 0 Å². The number of halogens is 1. The molecule has 0 N–H and O–H groups in total. The molecule has 1 amide bonds. The molecule has 24 heavy (non-hydrogen) atoms. The Kier molecular flexibility index (Phi) is 5.45. The minimum absolute atomic E-state index is 0.190. The van der Waals surface area contributed by atoms with E-state index in [-0.39, 0.29) is 5.91 Å². The largest absolute Gasteiger partial charge is 0.383 e. The molecule has 2 aliphatic rings. The third-order valence-electron chi connectivity index (χ3n) is 5.33. The molecule has 5 nitrogen and oxygen atoms in total. The van der Waals surface area contributed by atoms with E-state index < -0.39 is 5.54 Å². The van der Waals surface area contributed by atoms with Gasteiger partial charge < -0.3 is 9.64 Å². The molecular weight excluding hydrogens is 326 g/mol. The van der Waals surface area contributed by atoms with Gasteiger partial charge in [0.05, 0.1) is 12.1 Å². The van der Waals surface area contributed by atoms with Crippen LogP contribution in [0.15, 0.2) is 24.3 Å². The first kappa shape index (κ1) is 17.7. The molecule has 0 aromatic heterocycles. The van der Waals surface area contributed by atoms with Crippen molar-refractivity contribution in [3.63, 3.8) is 0 Å². The number of ether oxygens (including phenoxy) is 1. The number of carbonyl (C=O) groups is 1. The molecule has 2 aliphatic heterocycles. The topological polar surface area (TPSA) is 36.0 Å². The van der Waals surface area contributed by atoms with Crippen molar-refractivity contribution in [2.75, 3.05) is 57.9 Å². The van der Waals surface area contributed by atoms with Crippen LogP contribution in [0.1, 0.15) is 13.3 Å². The molecule has 0 spiro atoms. The zero-order valence-electron chi connectivity index (χ0n) is 14.5. The van der Waals surface area contributed by atoms with Gasteiger partial charge in [-0.1, -0.05) is 17.7 Å². The molecule has 0 saturated carbocycles. The van der Waals surface area contributed by atoms with Crippen LogP contribution >= 0.6 is 11.6 Å². The maximum absolute atomic E-state index is 13.1. The van der Waals surface area contributed by atoms with Crippen LogP contribution in [-0.4, -0.2) is 74.2 Å². The first-order valence-electron chi connectivity index (χ1n) is 8.58. The van der Waals surface area contributed by atoms with E-state index >= 15 is 0 Å². The zero-order chi connectivity index (χ0) is 17.2. The normalized spacial score (nSPS) is 26.3. The van der Waals surface area contributed by atoms with Gasteiger partial charge in [-0.05, 0) is 31.5 Å². The lowest BCUT2D eigenvalue weighted by molar-refractivity contribution is -0.128. The second-order valence-electron chi connectivity index (χ2n) is 6.78. The van der Waals surface area contributed by atoms with Crippen molar-refractivity contribution in [1.29, 1.82) is 0 Å². The predicted molar refractivity (Wildman–Crippen MR) is 96.7 cm³/mol. The van der Waals surface area contributed by atoms with Gasteiger partial charge in [-0.2, -0.15) is 0 Å².